The monoisotopic (exact) mass is 532 g/mol. The first-order chi connectivity index (χ1) is 18.7. The van der Waals surface area contributed by atoms with Gasteiger partial charge in [-0.2, -0.15) is 13.2 Å². The van der Waals surface area contributed by atoms with Crippen LogP contribution in [0.15, 0.2) is 97.2 Å². The highest BCUT2D eigenvalue weighted by Gasteiger charge is 2.38. The number of fused-ring (bicyclic) bond motifs is 3. The van der Waals surface area contributed by atoms with Crippen LogP contribution in [-0.2, 0) is 11.0 Å². The number of nitrogens with zero attached hydrogens (tertiary/aromatic N) is 3. The van der Waals surface area contributed by atoms with Gasteiger partial charge in [-0.05, 0) is 55.8 Å². The molecule has 1 aromatic heterocycles. The minimum atomic E-state index is -4.64. The first-order valence-electron chi connectivity index (χ1n) is 12.5. The summed E-state index contributed by atoms with van der Waals surface area (Å²) in [5.74, 6) is -0.364. The fraction of sp³-hybridized carbons (Fsp3) is 0.200. The Morgan fingerprint density at radius 1 is 0.872 bits per heavy atom. The van der Waals surface area contributed by atoms with Crippen molar-refractivity contribution < 1.29 is 22.8 Å². The van der Waals surface area contributed by atoms with Crippen LogP contribution in [0.4, 0.5) is 29.3 Å². The lowest BCUT2D eigenvalue weighted by molar-refractivity contribution is -0.137. The third-order valence-corrected chi connectivity index (χ3v) is 6.77. The second-order valence-electron chi connectivity index (χ2n) is 9.56. The van der Waals surface area contributed by atoms with E-state index >= 15 is 0 Å². The van der Waals surface area contributed by atoms with E-state index in [-0.39, 0.29) is 18.1 Å². The molecule has 4 aromatic rings. The van der Waals surface area contributed by atoms with Crippen molar-refractivity contribution in [2.75, 3.05) is 16.8 Å². The molecule has 0 saturated carbocycles. The number of aromatic nitrogens is 1. The summed E-state index contributed by atoms with van der Waals surface area (Å²) in [7, 11) is 0. The zero-order chi connectivity index (χ0) is 27.7. The number of para-hydroxylation sites is 3. The molecule has 1 atom stereocenters. The van der Waals surface area contributed by atoms with E-state index in [4.69, 9.17) is 0 Å². The van der Waals surface area contributed by atoms with Gasteiger partial charge in [0, 0.05) is 12.2 Å². The molecule has 39 heavy (non-hydrogen) atoms. The number of anilines is 2. The fourth-order valence-corrected chi connectivity index (χ4v) is 4.95. The SMILES string of the molecule is CC(C)N(CC(=O)N1c2ccccc2-n2cccc2C1c1ccccc1)C(=O)Nc1ccccc1C(F)(F)F. The Labute approximate surface area is 224 Å². The largest absolute Gasteiger partial charge is 0.418 e. The number of rotatable bonds is 5. The van der Waals surface area contributed by atoms with Gasteiger partial charge in [0.25, 0.3) is 0 Å². The summed E-state index contributed by atoms with van der Waals surface area (Å²) in [6, 6.07) is 24.0. The Balaban J connectivity index is 1.50. The number of alkyl halides is 3. The molecule has 1 unspecified atom stereocenters. The quantitative estimate of drug-likeness (QED) is 0.305. The summed E-state index contributed by atoms with van der Waals surface area (Å²) in [5, 5.41) is 2.37. The highest BCUT2D eigenvalue weighted by atomic mass is 19.4. The maximum absolute atomic E-state index is 14.1. The van der Waals surface area contributed by atoms with E-state index < -0.39 is 29.9 Å². The lowest BCUT2D eigenvalue weighted by Crippen LogP contribution is -2.49. The first-order valence-corrected chi connectivity index (χ1v) is 12.5. The third-order valence-electron chi connectivity index (χ3n) is 6.77. The van der Waals surface area contributed by atoms with E-state index in [1.807, 2.05) is 77.5 Å². The van der Waals surface area contributed by atoms with Crippen LogP contribution >= 0.6 is 0 Å². The molecule has 1 aliphatic rings. The smallest absolute Gasteiger partial charge is 0.316 e. The van der Waals surface area contributed by atoms with Crippen LogP contribution in [0.5, 0.6) is 0 Å². The number of carbonyl (C=O) groups excluding carboxylic acids is 2. The maximum atomic E-state index is 14.1. The Morgan fingerprint density at radius 2 is 1.51 bits per heavy atom. The fourth-order valence-electron chi connectivity index (χ4n) is 4.95. The van der Waals surface area contributed by atoms with E-state index in [1.165, 1.54) is 23.1 Å². The van der Waals surface area contributed by atoms with Gasteiger partial charge in [0.2, 0.25) is 5.91 Å². The number of hydrogen-bond donors (Lipinski definition) is 1. The predicted molar refractivity (Wildman–Crippen MR) is 144 cm³/mol. The van der Waals surface area contributed by atoms with Gasteiger partial charge in [-0.15, -0.1) is 0 Å². The zero-order valence-electron chi connectivity index (χ0n) is 21.4. The van der Waals surface area contributed by atoms with Crippen LogP contribution in [-0.4, -0.2) is 34.0 Å². The van der Waals surface area contributed by atoms with Crippen molar-refractivity contribution >= 4 is 23.3 Å². The molecule has 3 aromatic carbocycles. The molecular weight excluding hydrogens is 505 g/mol. The molecular formula is C30H27F3N4O2. The molecule has 2 heterocycles. The van der Waals surface area contributed by atoms with Crippen molar-refractivity contribution in [3.63, 3.8) is 0 Å². The number of urea groups is 1. The molecule has 5 rings (SSSR count). The second kappa shape index (κ2) is 10.3. The molecule has 0 spiro atoms. The molecule has 200 valence electrons. The summed E-state index contributed by atoms with van der Waals surface area (Å²) in [6.07, 6.45) is -2.70. The van der Waals surface area contributed by atoms with Crippen molar-refractivity contribution in [3.8, 4) is 5.69 Å². The lowest BCUT2D eigenvalue weighted by atomic mass is 9.97. The van der Waals surface area contributed by atoms with Gasteiger partial charge in [-0.1, -0.05) is 54.6 Å². The standard InChI is InChI=1S/C30H27F3N4O2/c1-20(2)36(29(39)34-23-14-7-6-13-22(23)30(31,32)33)19-27(38)37-25-16-9-8-15-24(25)35-18-10-17-26(35)28(37)21-11-4-3-5-12-21/h3-18,20,28H,19H2,1-2H3,(H,34,39). The van der Waals surface area contributed by atoms with Crippen LogP contribution in [0.3, 0.4) is 0 Å². The molecule has 0 radical (unpaired) electrons. The van der Waals surface area contributed by atoms with Crippen molar-refractivity contribution in [1.82, 2.24) is 9.47 Å². The molecule has 0 bridgehead atoms. The van der Waals surface area contributed by atoms with E-state index in [9.17, 15) is 22.8 Å². The highest BCUT2D eigenvalue weighted by Crippen LogP contribution is 2.42. The number of halogens is 3. The Morgan fingerprint density at radius 3 is 2.21 bits per heavy atom. The number of hydrogen-bond acceptors (Lipinski definition) is 2. The van der Waals surface area contributed by atoms with Crippen LogP contribution < -0.4 is 10.2 Å². The van der Waals surface area contributed by atoms with E-state index in [0.717, 1.165) is 23.0 Å². The summed E-state index contributed by atoms with van der Waals surface area (Å²) >= 11 is 0. The summed E-state index contributed by atoms with van der Waals surface area (Å²) in [4.78, 5) is 30.3. The minimum Gasteiger partial charge on any atom is -0.316 e. The van der Waals surface area contributed by atoms with Gasteiger partial charge in [-0.3, -0.25) is 9.69 Å². The maximum Gasteiger partial charge on any atom is 0.418 e. The van der Waals surface area contributed by atoms with Crippen molar-refractivity contribution in [2.24, 2.45) is 0 Å². The van der Waals surface area contributed by atoms with Gasteiger partial charge in [0.1, 0.15) is 12.6 Å². The molecule has 0 aliphatic carbocycles. The molecule has 3 amide bonds. The van der Waals surface area contributed by atoms with Crippen molar-refractivity contribution in [1.29, 1.82) is 0 Å². The molecule has 1 N–H and O–H groups in total. The number of amides is 3. The van der Waals surface area contributed by atoms with E-state index in [1.54, 1.807) is 18.7 Å². The normalized spacial score (nSPS) is 14.5. The zero-order valence-corrected chi connectivity index (χ0v) is 21.4. The highest BCUT2D eigenvalue weighted by molar-refractivity contribution is 6.01. The average molecular weight is 533 g/mol. The molecule has 0 saturated heterocycles. The minimum absolute atomic E-state index is 0.337. The third kappa shape index (κ3) is 4.99. The summed E-state index contributed by atoms with van der Waals surface area (Å²) in [6.45, 7) is 3.09. The van der Waals surface area contributed by atoms with Gasteiger partial charge in [0.05, 0.1) is 28.3 Å². The van der Waals surface area contributed by atoms with Crippen LogP contribution in [0.1, 0.15) is 36.7 Å². The number of carbonyl (C=O) groups is 2. The number of nitrogens with one attached hydrogen (secondary N) is 1. The van der Waals surface area contributed by atoms with E-state index in [0.29, 0.717) is 5.69 Å². The lowest BCUT2D eigenvalue weighted by Gasteiger charge is -2.40. The number of benzene rings is 3. The predicted octanol–water partition coefficient (Wildman–Crippen LogP) is 6.87. The molecule has 1 aliphatic heterocycles. The first kappa shape index (κ1) is 26.1. The summed E-state index contributed by atoms with van der Waals surface area (Å²) < 4.78 is 42.6. The van der Waals surface area contributed by atoms with Gasteiger partial charge in [0.15, 0.2) is 0 Å². The molecule has 6 nitrogen and oxygen atoms in total. The van der Waals surface area contributed by atoms with E-state index in [2.05, 4.69) is 5.32 Å². The van der Waals surface area contributed by atoms with Gasteiger partial charge in [-0.25, -0.2) is 4.79 Å². The molecule has 0 fully saturated rings. The topological polar surface area (TPSA) is 57.6 Å². The van der Waals surface area contributed by atoms with Gasteiger partial charge < -0.3 is 14.8 Å². The van der Waals surface area contributed by atoms with Crippen molar-refractivity contribution in [3.05, 3.63) is 114 Å². The Bertz CT molecular complexity index is 1500. The second-order valence-corrected chi connectivity index (χ2v) is 9.56. The Kier molecular flexibility index (Phi) is 6.91. The van der Waals surface area contributed by atoms with Crippen LogP contribution in [0.2, 0.25) is 0 Å². The van der Waals surface area contributed by atoms with Crippen LogP contribution in [0.25, 0.3) is 5.69 Å². The molecule has 9 heteroatoms. The average Bonchev–Trinajstić information content (AvgIpc) is 3.41. The van der Waals surface area contributed by atoms with Crippen molar-refractivity contribution in [2.45, 2.75) is 32.1 Å². The van der Waals surface area contributed by atoms with Crippen LogP contribution in [0, 0.1) is 0 Å². The Hall–Kier alpha value is -4.53. The van der Waals surface area contributed by atoms with Gasteiger partial charge >= 0.3 is 12.2 Å². The summed E-state index contributed by atoms with van der Waals surface area (Å²) in [5.41, 5.74) is 1.94.